The first kappa shape index (κ1) is 19.8. The second-order valence-corrected chi connectivity index (χ2v) is 8.17. The summed E-state index contributed by atoms with van der Waals surface area (Å²) >= 11 is 0. The van der Waals surface area contributed by atoms with E-state index in [9.17, 15) is 18.5 Å². The van der Waals surface area contributed by atoms with E-state index in [1.165, 1.54) is 16.4 Å². The van der Waals surface area contributed by atoms with Gasteiger partial charge < -0.3 is 5.73 Å². The molecule has 2 rings (SSSR count). The van der Waals surface area contributed by atoms with Crippen molar-refractivity contribution in [3.63, 3.8) is 0 Å². The number of hydrogen-bond donors (Lipinski definition) is 1. The van der Waals surface area contributed by atoms with Crippen LogP contribution in [0.3, 0.4) is 0 Å². The number of nitrogens with zero attached hydrogens (tertiary/aromatic N) is 2. The number of nitrogens with two attached hydrogens (primary N) is 1. The molecule has 0 radical (unpaired) electrons. The lowest BCUT2D eigenvalue weighted by atomic mass is 9.90. The van der Waals surface area contributed by atoms with Gasteiger partial charge in [0.1, 0.15) is 0 Å². The zero-order valence-corrected chi connectivity index (χ0v) is 15.0. The Hall–Kier alpha value is -1.22. The van der Waals surface area contributed by atoms with Gasteiger partial charge in [0, 0.05) is 19.2 Å². The predicted octanol–water partition coefficient (Wildman–Crippen LogP) is 1.99. The Morgan fingerprint density at radius 2 is 1.91 bits per heavy atom. The maximum atomic E-state index is 12.8. The Kier molecular flexibility index (Phi) is 5.79. The first-order valence-corrected chi connectivity index (χ1v) is 8.50. The van der Waals surface area contributed by atoms with Gasteiger partial charge in [0.15, 0.2) is 4.90 Å². The number of nitro groups is 1. The summed E-state index contributed by atoms with van der Waals surface area (Å²) in [5.41, 5.74) is 6.46. The molecule has 0 bridgehead atoms. The number of halogens is 1. The second kappa shape index (κ2) is 6.72. The summed E-state index contributed by atoms with van der Waals surface area (Å²) in [5, 5.41) is 11.2. The van der Waals surface area contributed by atoms with Crippen molar-refractivity contribution in [2.24, 2.45) is 11.1 Å². The molecule has 1 atom stereocenters. The van der Waals surface area contributed by atoms with Crippen molar-refractivity contribution in [1.82, 2.24) is 4.31 Å². The van der Waals surface area contributed by atoms with Crippen LogP contribution in [0.15, 0.2) is 17.0 Å². The molecule has 1 aromatic rings. The number of benzene rings is 1. The molecular formula is C14H22ClN3O4S. The Morgan fingerprint density at radius 1 is 1.35 bits per heavy atom. The molecule has 7 nitrogen and oxygen atoms in total. The predicted molar refractivity (Wildman–Crippen MR) is 90.4 cm³/mol. The highest BCUT2D eigenvalue weighted by molar-refractivity contribution is 7.89. The van der Waals surface area contributed by atoms with Crippen LogP contribution in [0, 0.1) is 29.4 Å². The van der Waals surface area contributed by atoms with Gasteiger partial charge in [-0.2, -0.15) is 4.31 Å². The molecule has 0 amide bonds. The van der Waals surface area contributed by atoms with Gasteiger partial charge >= 0.3 is 0 Å². The second-order valence-electron chi connectivity index (χ2n) is 6.26. The minimum atomic E-state index is -3.90. The van der Waals surface area contributed by atoms with Gasteiger partial charge in [0.2, 0.25) is 10.0 Å². The summed E-state index contributed by atoms with van der Waals surface area (Å²) < 4.78 is 26.9. The van der Waals surface area contributed by atoms with E-state index in [-0.39, 0.29) is 34.9 Å². The van der Waals surface area contributed by atoms with Crippen molar-refractivity contribution in [2.45, 2.75) is 32.1 Å². The van der Waals surface area contributed by atoms with Gasteiger partial charge in [-0.1, -0.05) is 6.92 Å². The van der Waals surface area contributed by atoms with E-state index >= 15 is 0 Å². The van der Waals surface area contributed by atoms with E-state index in [1.807, 2.05) is 6.92 Å². The minimum absolute atomic E-state index is 0. The van der Waals surface area contributed by atoms with Crippen molar-refractivity contribution in [2.75, 3.05) is 19.6 Å². The molecule has 0 spiro atoms. The molecular weight excluding hydrogens is 342 g/mol. The zero-order chi connectivity index (χ0) is 16.7. The topological polar surface area (TPSA) is 107 Å². The Bertz CT molecular complexity index is 723. The fraction of sp³-hybridized carbons (Fsp3) is 0.571. The molecule has 1 aliphatic heterocycles. The van der Waals surface area contributed by atoms with Gasteiger partial charge in [-0.25, -0.2) is 8.42 Å². The van der Waals surface area contributed by atoms with Crippen LogP contribution in [0.1, 0.15) is 24.5 Å². The molecule has 0 aromatic heterocycles. The third-order valence-electron chi connectivity index (χ3n) is 4.41. The van der Waals surface area contributed by atoms with Crippen molar-refractivity contribution in [1.29, 1.82) is 0 Å². The van der Waals surface area contributed by atoms with E-state index < -0.39 is 14.9 Å². The molecule has 1 aliphatic rings. The van der Waals surface area contributed by atoms with E-state index in [4.69, 9.17) is 5.73 Å². The number of nitro benzene ring substituents is 1. The molecule has 2 N–H and O–H groups in total. The molecule has 1 unspecified atom stereocenters. The fourth-order valence-electron chi connectivity index (χ4n) is 2.61. The van der Waals surface area contributed by atoms with Gasteiger partial charge in [-0.3, -0.25) is 10.1 Å². The van der Waals surface area contributed by atoms with Gasteiger partial charge in [0.25, 0.3) is 5.69 Å². The first-order chi connectivity index (χ1) is 10.1. The standard InChI is InChI=1S/C14H21N3O4S.ClH/c1-10-6-12(17(18)19)13(7-11(10)2)22(20,21)16-5-4-14(3,8-15)9-16;/h6-7H,4-5,8-9,15H2,1-3H3;1H. The summed E-state index contributed by atoms with van der Waals surface area (Å²) in [5.74, 6) is 0. The molecule has 130 valence electrons. The number of rotatable bonds is 4. The van der Waals surface area contributed by atoms with Crippen LogP contribution in [0.4, 0.5) is 5.69 Å². The van der Waals surface area contributed by atoms with Crippen LogP contribution in [0.2, 0.25) is 0 Å². The minimum Gasteiger partial charge on any atom is -0.330 e. The van der Waals surface area contributed by atoms with Crippen LogP contribution in [0.5, 0.6) is 0 Å². The van der Waals surface area contributed by atoms with Gasteiger partial charge in [-0.05, 0) is 49.4 Å². The quantitative estimate of drug-likeness (QED) is 0.650. The molecule has 1 saturated heterocycles. The van der Waals surface area contributed by atoms with Crippen molar-refractivity contribution in [3.05, 3.63) is 33.4 Å². The van der Waals surface area contributed by atoms with E-state index in [0.717, 1.165) is 0 Å². The molecule has 1 aromatic carbocycles. The maximum Gasteiger partial charge on any atom is 0.289 e. The molecule has 0 saturated carbocycles. The van der Waals surface area contributed by atoms with Crippen molar-refractivity contribution in [3.8, 4) is 0 Å². The average Bonchev–Trinajstić information content (AvgIpc) is 2.85. The Morgan fingerprint density at radius 3 is 2.39 bits per heavy atom. The van der Waals surface area contributed by atoms with Crippen molar-refractivity contribution < 1.29 is 13.3 Å². The summed E-state index contributed by atoms with van der Waals surface area (Å²) in [7, 11) is -3.90. The monoisotopic (exact) mass is 363 g/mol. The fourth-order valence-corrected chi connectivity index (χ4v) is 4.43. The number of sulfonamides is 1. The summed E-state index contributed by atoms with van der Waals surface area (Å²) in [6.45, 7) is 6.40. The molecule has 9 heteroatoms. The van der Waals surface area contributed by atoms with E-state index in [1.54, 1.807) is 13.8 Å². The largest absolute Gasteiger partial charge is 0.330 e. The van der Waals surface area contributed by atoms with E-state index in [0.29, 0.717) is 30.6 Å². The lowest BCUT2D eigenvalue weighted by molar-refractivity contribution is -0.387. The Balaban J connectivity index is 0.00000264. The van der Waals surface area contributed by atoms with Crippen LogP contribution >= 0.6 is 12.4 Å². The average molecular weight is 364 g/mol. The lowest BCUT2D eigenvalue weighted by Crippen LogP contribution is -2.34. The highest BCUT2D eigenvalue weighted by atomic mass is 35.5. The summed E-state index contributed by atoms with van der Waals surface area (Å²) in [6.07, 6.45) is 0.654. The maximum absolute atomic E-state index is 12.8. The molecule has 0 aliphatic carbocycles. The third kappa shape index (κ3) is 3.65. The highest BCUT2D eigenvalue weighted by Crippen LogP contribution is 2.36. The van der Waals surface area contributed by atoms with Gasteiger partial charge in [0.05, 0.1) is 4.92 Å². The van der Waals surface area contributed by atoms with Crippen LogP contribution in [-0.2, 0) is 10.0 Å². The van der Waals surface area contributed by atoms with E-state index in [2.05, 4.69) is 0 Å². The summed E-state index contributed by atoms with van der Waals surface area (Å²) in [4.78, 5) is 10.4. The van der Waals surface area contributed by atoms with Crippen LogP contribution in [-0.4, -0.2) is 37.3 Å². The van der Waals surface area contributed by atoms with Gasteiger partial charge in [-0.15, -0.1) is 12.4 Å². The first-order valence-electron chi connectivity index (χ1n) is 7.06. The summed E-state index contributed by atoms with van der Waals surface area (Å²) in [6, 6.07) is 2.71. The SMILES string of the molecule is Cc1cc([N+](=O)[O-])c(S(=O)(=O)N2CCC(C)(CN)C2)cc1C.Cl. The van der Waals surface area contributed by atoms with Crippen LogP contribution in [0.25, 0.3) is 0 Å². The van der Waals surface area contributed by atoms with Crippen LogP contribution < -0.4 is 5.73 Å². The Labute approximate surface area is 142 Å². The molecule has 23 heavy (non-hydrogen) atoms. The van der Waals surface area contributed by atoms with Crippen molar-refractivity contribution >= 4 is 28.1 Å². The highest BCUT2D eigenvalue weighted by Gasteiger charge is 2.41. The molecule has 1 heterocycles. The molecule has 1 fully saturated rings. The lowest BCUT2D eigenvalue weighted by Gasteiger charge is -2.22. The third-order valence-corrected chi connectivity index (χ3v) is 6.28. The number of hydrogen-bond acceptors (Lipinski definition) is 5. The normalized spacial score (nSPS) is 21.9. The zero-order valence-electron chi connectivity index (χ0n) is 13.4. The smallest absolute Gasteiger partial charge is 0.289 e. The number of aryl methyl sites for hydroxylation is 2.